The van der Waals surface area contributed by atoms with Gasteiger partial charge >= 0.3 is 12.1 Å². The van der Waals surface area contributed by atoms with E-state index in [0.29, 0.717) is 12.2 Å². The van der Waals surface area contributed by atoms with Crippen molar-refractivity contribution in [2.75, 3.05) is 16.8 Å². The van der Waals surface area contributed by atoms with Gasteiger partial charge in [-0.1, -0.05) is 30.3 Å². The minimum absolute atomic E-state index is 0.0601. The molecule has 1 N–H and O–H groups in total. The standard InChI is InChI=1S/C17H13F3N2O3/c18-17(19,20)16(24)21-12-6-7-13-14(8-12)25-10-15(23)22(13)9-11-4-2-1-3-5-11/h1-8H,9-10H2,(H,21,24). The lowest BCUT2D eigenvalue weighted by atomic mass is 10.1. The van der Waals surface area contributed by atoms with E-state index >= 15 is 0 Å². The van der Waals surface area contributed by atoms with Crippen molar-refractivity contribution in [3.05, 3.63) is 54.1 Å². The van der Waals surface area contributed by atoms with Gasteiger partial charge in [0.15, 0.2) is 6.61 Å². The zero-order valence-electron chi connectivity index (χ0n) is 12.8. The molecule has 2 amide bonds. The second-order valence-corrected chi connectivity index (χ2v) is 5.39. The van der Waals surface area contributed by atoms with E-state index < -0.39 is 12.1 Å². The fourth-order valence-corrected chi connectivity index (χ4v) is 2.42. The Hall–Kier alpha value is -3.03. The third-order valence-electron chi connectivity index (χ3n) is 3.60. The molecule has 25 heavy (non-hydrogen) atoms. The Morgan fingerprint density at radius 3 is 2.56 bits per heavy atom. The number of carbonyl (C=O) groups excluding carboxylic acids is 2. The number of benzene rings is 2. The van der Waals surface area contributed by atoms with E-state index in [1.165, 1.54) is 23.1 Å². The molecule has 0 atom stereocenters. The SMILES string of the molecule is O=C1COc2cc(NC(=O)C(F)(F)F)ccc2N1Cc1ccccc1. The molecule has 0 radical (unpaired) electrons. The Labute approximate surface area is 141 Å². The summed E-state index contributed by atoms with van der Waals surface area (Å²) in [6, 6.07) is 13.3. The summed E-state index contributed by atoms with van der Waals surface area (Å²) in [6.07, 6.45) is -4.98. The average molecular weight is 350 g/mol. The number of anilines is 2. The summed E-state index contributed by atoms with van der Waals surface area (Å²) in [7, 11) is 0. The quantitative estimate of drug-likeness (QED) is 0.925. The van der Waals surface area contributed by atoms with Crippen molar-refractivity contribution < 1.29 is 27.5 Å². The number of nitrogens with zero attached hydrogens (tertiary/aromatic N) is 1. The monoisotopic (exact) mass is 350 g/mol. The zero-order valence-corrected chi connectivity index (χ0v) is 12.8. The number of amides is 2. The second-order valence-electron chi connectivity index (χ2n) is 5.39. The molecule has 2 aromatic carbocycles. The van der Waals surface area contributed by atoms with E-state index in [9.17, 15) is 22.8 Å². The maximum absolute atomic E-state index is 12.3. The molecular formula is C17H13F3N2O3. The number of hydrogen-bond acceptors (Lipinski definition) is 3. The van der Waals surface area contributed by atoms with E-state index in [1.807, 2.05) is 30.3 Å². The Morgan fingerprint density at radius 1 is 1.16 bits per heavy atom. The Balaban J connectivity index is 1.84. The molecule has 2 aromatic rings. The summed E-state index contributed by atoms with van der Waals surface area (Å²) in [5.41, 5.74) is 1.28. The van der Waals surface area contributed by atoms with Gasteiger partial charge in [0.1, 0.15) is 5.75 Å². The van der Waals surface area contributed by atoms with Crippen LogP contribution in [0.25, 0.3) is 0 Å². The van der Waals surface area contributed by atoms with Gasteiger partial charge in [0, 0.05) is 11.8 Å². The largest absolute Gasteiger partial charge is 0.481 e. The maximum atomic E-state index is 12.3. The van der Waals surface area contributed by atoms with Crippen LogP contribution < -0.4 is 15.0 Å². The van der Waals surface area contributed by atoms with Gasteiger partial charge in [-0.15, -0.1) is 0 Å². The number of nitrogens with one attached hydrogen (secondary N) is 1. The minimum atomic E-state index is -4.98. The van der Waals surface area contributed by atoms with Crippen LogP contribution in [-0.4, -0.2) is 24.6 Å². The highest BCUT2D eigenvalue weighted by atomic mass is 19.4. The van der Waals surface area contributed by atoms with Crippen LogP contribution >= 0.6 is 0 Å². The van der Waals surface area contributed by atoms with Gasteiger partial charge in [-0.2, -0.15) is 13.2 Å². The topological polar surface area (TPSA) is 58.6 Å². The molecule has 0 saturated carbocycles. The molecule has 0 bridgehead atoms. The summed E-state index contributed by atoms with van der Waals surface area (Å²) in [5, 5.41) is 1.76. The van der Waals surface area contributed by atoms with Crippen molar-refractivity contribution >= 4 is 23.2 Å². The van der Waals surface area contributed by atoms with Crippen molar-refractivity contribution in [1.29, 1.82) is 0 Å². The number of fused-ring (bicyclic) bond motifs is 1. The third kappa shape index (κ3) is 3.73. The average Bonchev–Trinajstić information content (AvgIpc) is 2.57. The first kappa shape index (κ1) is 16.8. The predicted molar refractivity (Wildman–Crippen MR) is 84.3 cm³/mol. The summed E-state index contributed by atoms with van der Waals surface area (Å²) in [5.74, 6) is -2.10. The van der Waals surface area contributed by atoms with E-state index in [0.717, 1.165) is 5.56 Å². The molecule has 0 spiro atoms. The number of halogens is 3. The van der Waals surface area contributed by atoms with Gasteiger partial charge < -0.3 is 15.0 Å². The summed E-state index contributed by atoms with van der Waals surface area (Å²) in [6.45, 7) is 0.0841. The maximum Gasteiger partial charge on any atom is 0.471 e. The van der Waals surface area contributed by atoms with Gasteiger partial charge in [0.2, 0.25) is 0 Å². The van der Waals surface area contributed by atoms with Crippen LogP contribution in [0.4, 0.5) is 24.5 Å². The van der Waals surface area contributed by atoms with Crippen LogP contribution in [0.1, 0.15) is 5.56 Å². The first-order valence-corrected chi connectivity index (χ1v) is 7.34. The van der Waals surface area contributed by atoms with Crippen molar-refractivity contribution in [2.45, 2.75) is 12.7 Å². The van der Waals surface area contributed by atoms with Crippen molar-refractivity contribution in [1.82, 2.24) is 0 Å². The molecule has 1 heterocycles. The van der Waals surface area contributed by atoms with E-state index in [-0.39, 0.29) is 24.0 Å². The van der Waals surface area contributed by atoms with Crippen molar-refractivity contribution in [2.24, 2.45) is 0 Å². The number of alkyl halides is 3. The molecule has 8 heteroatoms. The first-order chi connectivity index (χ1) is 11.8. The first-order valence-electron chi connectivity index (χ1n) is 7.34. The molecule has 1 aliphatic rings. The van der Waals surface area contributed by atoms with Gasteiger partial charge in [-0.25, -0.2) is 0 Å². The zero-order chi connectivity index (χ0) is 18.0. The number of carbonyl (C=O) groups is 2. The Morgan fingerprint density at radius 2 is 1.88 bits per heavy atom. The van der Waals surface area contributed by atoms with Gasteiger partial charge in [-0.05, 0) is 17.7 Å². The molecule has 1 aliphatic heterocycles. The van der Waals surface area contributed by atoms with Gasteiger partial charge in [0.25, 0.3) is 5.91 Å². The molecule has 0 unspecified atom stereocenters. The van der Waals surface area contributed by atoms with E-state index in [2.05, 4.69) is 0 Å². The summed E-state index contributed by atoms with van der Waals surface area (Å²) in [4.78, 5) is 24.6. The second kappa shape index (κ2) is 6.46. The molecule has 0 aliphatic carbocycles. The Bertz CT molecular complexity index is 807. The summed E-state index contributed by atoms with van der Waals surface area (Å²) >= 11 is 0. The van der Waals surface area contributed by atoms with Crippen LogP contribution in [0.2, 0.25) is 0 Å². The normalized spacial score (nSPS) is 13.9. The molecule has 0 saturated heterocycles. The highest BCUT2D eigenvalue weighted by Crippen LogP contribution is 2.35. The van der Waals surface area contributed by atoms with Crippen LogP contribution in [0, 0.1) is 0 Å². The van der Waals surface area contributed by atoms with Gasteiger partial charge in [0.05, 0.1) is 12.2 Å². The number of hydrogen-bond donors (Lipinski definition) is 1. The fourth-order valence-electron chi connectivity index (χ4n) is 2.42. The molecule has 130 valence electrons. The van der Waals surface area contributed by atoms with Crippen LogP contribution in [0.15, 0.2) is 48.5 Å². The predicted octanol–water partition coefficient (Wildman–Crippen LogP) is 3.11. The summed E-state index contributed by atoms with van der Waals surface area (Å²) < 4.78 is 42.3. The van der Waals surface area contributed by atoms with E-state index in [1.54, 1.807) is 5.32 Å². The van der Waals surface area contributed by atoms with Crippen LogP contribution in [0.3, 0.4) is 0 Å². The molecule has 0 aromatic heterocycles. The smallest absolute Gasteiger partial charge is 0.471 e. The molecule has 5 nitrogen and oxygen atoms in total. The highest BCUT2D eigenvalue weighted by Gasteiger charge is 2.39. The van der Waals surface area contributed by atoms with Gasteiger partial charge in [-0.3, -0.25) is 9.59 Å². The Kier molecular flexibility index (Phi) is 4.35. The highest BCUT2D eigenvalue weighted by molar-refractivity contribution is 5.99. The van der Waals surface area contributed by atoms with Crippen molar-refractivity contribution in [3.8, 4) is 5.75 Å². The van der Waals surface area contributed by atoms with Crippen LogP contribution in [0.5, 0.6) is 5.75 Å². The van der Waals surface area contributed by atoms with E-state index in [4.69, 9.17) is 4.74 Å². The lowest BCUT2D eigenvalue weighted by molar-refractivity contribution is -0.167. The number of rotatable bonds is 3. The third-order valence-corrected chi connectivity index (χ3v) is 3.60. The van der Waals surface area contributed by atoms with Crippen LogP contribution in [-0.2, 0) is 16.1 Å². The fraction of sp³-hybridized carbons (Fsp3) is 0.176. The molecular weight excluding hydrogens is 337 g/mol. The molecule has 3 rings (SSSR count). The number of ether oxygens (including phenoxy) is 1. The molecule has 0 fully saturated rings. The minimum Gasteiger partial charge on any atom is -0.481 e. The van der Waals surface area contributed by atoms with Crippen molar-refractivity contribution in [3.63, 3.8) is 0 Å². The lowest BCUT2D eigenvalue weighted by Gasteiger charge is -2.29. The lowest BCUT2D eigenvalue weighted by Crippen LogP contribution is -2.38.